The third-order valence-corrected chi connectivity index (χ3v) is 3.66. The zero-order valence-corrected chi connectivity index (χ0v) is 10.8. The van der Waals surface area contributed by atoms with Crippen LogP contribution in [0.15, 0.2) is 0 Å². The Kier molecular flexibility index (Phi) is 5.62. The van der Waals surface area contributed by atoms with E-state index in [4.69, 9.17) is 0 Å². The zero-order valence-electron chi connectivity index (χ0n) is 10.8. The Balaban J connectivity index is 2.18. The van der Waals surface area contributed by atoms with Crippen LogP contribution in [0.1, 0.15) is 52.9 Å². The smallest absolute Gasteiger partial charge is 0.0278 e. The summed E-state index contributed by atoms with van der Waals surface area (Å²) < 4.78 is 0. The van der Waals surface area contributed by atoms with Gasteiger partial charge in [-0.2, -0.15) is 0 Å². The Morgan fingerprint density at radius 3 is 2.67 bits per heavy atom. The predicted octanol–water partition coefficient (Wildman–Crippen LogP) is 2.64. The van der Waals surface area contributed by atoms with E-state index in [1.807, 2.05) is 0 Å². The molecule has 2 nitrogen and oxygen atoms in total. The number of hydrogen-bond donors (Lipinski definition) is 1. The maximum Gasteiger partial charge on any atom is 0.0278 e. The van der Waals surface area contributed by atoms with Crippen molar-refractivity contribution in [3.05, 3.63) is 0 Å². The lowest BCUT2D eigenvalue weighted by Crippen LogP contribution is -2.58. The lowest BCUT2D eigenvalue weighted by Gasteiger charge is -2.41. The number of nitrogens with zero attached hydrogens (tertiary/aromatic N) is 1. The van der Waals surface area contributed by atoms with Gasteiger partial charge in [-0.15, -0.1) is 0 Å². The van der Waals surface area contributed by atoms with Crippen molar-refractivity contribution in [2.75, 3.05) is 26.2 Å². The van der Waals surface area contributed by atoms with Crippen LogP contribution in [-0.4, -0.2) is 36.6 Å². The van der Waals surface area contributed by atoms with Crippen molar-refractivity contribution in [2.24, 2.45) is 0 Å². The number of nitrogens with one attached hydrogen (secondary N) is 1. The average molecular weight is 212 g/mol. The van der Waals surface area contributed by atoms with Gasteiger partial charge in [0.2, 0.25) is 0 Å². The molecule has 1 heterocycles. The Bertz CT molecular complexity index is 170. The summed E-state index contributed by atoms with van der Waals surface area (Å²) in [5.74, 6) is 0. The molecule has 1 aliphatic rings. The zero-order chi connectivity index (χ0) is 11.1. The summed E-state index contributed by atoms with van der Waals surface area (Å²) in [7, 11) is 0. The Morgan fingerprint density at radius 2 is 2.00 bits per heavy atom. The van der Waals surface area contributed by atoms with Crippen LogP contribution in [-0.2, 0) is 0 Å². The van der Waals surface area contributed by atoms with E-state index in [2.05, 4.69) is 31.0 Å². The second-order valence-electron chi connectivity index (χ2n) is 5.18. The third kappa shape index (κ3) is 4.52. The van der Waals surface area contributed by atoms with Gasteiger partial charge in [-0.25, -0.2) is 0 Å². The van der Waals surface area contributed by atoms with Gasteiger partial charge in [0, 0.05) is 25.2 Å². The predicted molar refractivity (Wildman–Crippen MR) is 67.3 cm³/mol. The second kappa shape index (κ2) is 6.49. The van der Waals surface area contributed by atoms with Crippen molar-refractivity contribution >= 4 is 0 Å². The Hall–Kier alpha value is -0.0800. The normalized spacial score (nSPS) is 28.2. The number of piperazine rings is 1. The molecule has 0 saturated carbocycles. The number of unbranched alkanes of at least 4 members (excludes halogenated alkanes) is 3. The molecular weight excluding hydrogens is 184 g/mol. The molecule has 1 rings (SSSR count). The van der Waals surface area contributed by atoms with Crippen LogP contribution in [0.4, 0.5) is 0 Å². The van der Waals surface area contributed by atoms with Crippen LogP contribution >= 0.6 is 0 Å². The highest BCUT2D eigenvalue weighted by molar-refractivity contribution is 4.89. The first kappa shape index (κ1) is 13.0. The van der Waals surface area contributed by atoms with Crippen LogP contribution in [0.5, 0.6) is 0 Å². The summed E-state index contributed by atoms with van der Waals surface area (Å²) in [6.07, 6.45) is 6.76. The first-order valence-corrected chi connectivity index (χ1v) is 6.67. The van der Waals surface area contributed by atoms with E-state index in [-0.39, 0.29) is 0 Å². The van der Waals surface area contributed by atoms with Gasteiger partial charge in [-0.3, -0.25) is 0 Å². The molecule has 0 amide bonds. The molecule has 1 saturated heterocycles. The van der Waals surface area contributed by atoms with Gasteiger partial charge in [0.25, 0.3) is 0 Å². The summed E-state index contributed by atoms with van der Waals surface area (Å²) in [6, 6.07) is 0. The summed E-state index contributed by atoms with van der Waals surface area (Å²) >= 11 is 0. The van der Waals surface area contributed by atoms with Crippen molar-refractivity contribution in [1.82, 2.24) is 10.2 Å². The van der Waals surface area contributed by atoms with Gasteiger partial charge in [0.1, 0.15) is 0 Å². The van der Waals surface area contributed by atoms with Gasteiger partial charge >= 0.3 is 0 Å². The highest BCUT2D eigenvalue weighted by Crippen LogP contribution is 2.15. The third-order valence-electron chi connectivity index (χ3n) is 3.66. The fourth-order valence-corrected chi connectivity index (χ4v) is 2.33. The topological polar surface area (TPSA) is 15.3 Å². The van der Waals surface area contributed by atoms with Gasteiger partial charge in [0.05, 0.1) is 0 Å². The van der Waals surface area contributed by atoms with Gasteiger partial charge in [0.15, 0.2) is 0 Å². The summed E-state index contributed by atoms with van der Waals surface area (Å²) in [5, 5.41) is 3.64. The van der Waals surface area contributed by atoms with E-state index in [0.717, 1.165) is 6.54 Å². The van der Waals surface area contributed by atoms with E-state index in [1.165, 1.54) is 51.7 Å². The molecule has 0 aromatic heterocycles. The fraction of sp³-hybridized carbons (Fsp3) is 1.00. The lowest BCUT2D eigenvalue weighted by atomic mass is 9.96. The molecule has 1 aliphatic heterocycles. The molecule has 0 radical (unpaired) electrons. The summed E-state index contributed by atoms with van der Waals surface area (Å²) in [6.45, 7) is 11.9. The first-order valence-electron chi connectivity index (χ1n) is 6.67. The van der Waals surface area contributed by atoms with Crippen LogP contribution < -0.4 is 5.32 Å². The van der Waals surface area contributed by atoms with Crippen molar-refractivity contribution in [3.63, 3.8) is 0 Å². The summed E-state index contributed by atoms with van der Waals surface area (Å²) in [5.41, 5.74) is 0.364. The highest BCUT2D eigenvalue weighted by Gasteiger charge is 2.27. The Morgan fingerprint density at radius 1 is 1.20 bits per heavy atom. The van der Waals surface area contributed by atoms with Crippen LogP contribution in [0, 0.1) is 0 Å². The molecule has 0 aromatic rings. The molecule has 0 aliphatic carbocycles. The van der Waals surface area contributed by atoms with E-state index >= 15 is 0 Å². The van der Waals surface area contributed by atoms with E-state index < -0.39 is 0 Å². The minimum absolute atomic E-state index is 0.364. The Labute approximate surface area is 95.4 Å². The largest absolute Gasteiger partial charge is 0.309 e. The van der Waals surface area contributed by atoms with Crippen molar-refractivity contribution < 1.29 is 0 Å². The minimum Gasteiger partial charge on any atom is -0.309 e. The maximum atomic E-state index is 3.64. The SMILES string of the molecule is CCCCCCN1CCNC(C)(CC)C1. The van der Waals surface area contributed by atoms with Crippen molar-refractivity contribution in [1.29, 1.82) is 0 Å². The van der Waals surface area contributed by atoms with Crippen LogP contribution in [0.3, 0.4) is 0 Å². The number of hydrogen-bond acceptors (Lipinski definition) is 2. The minimum atomic E-state index is 0.364. The second-order valence-corrected chi connectivity index (χ2v) is 5.18. The lowest BCUT2D eigenvalue weighted by molar-refractivity contribution is 0.138. The molecule has 0 spiro atoms. The molecule has 1 N–H and O–H groups in total. The van der Waals surface area contributed by atoms with Crippen molar-refractivity contribution in [2.45, 2.75) is 58.4 Å². The van der Waals surface area contributed by atoms with Gasteiger partial charge in [-0.1, -0.05) is 33.1 Å². The highest BCUT2D eigenvalue weighted by atomic mass is 15.2. The van der Waals surface area contributed by atoms with Gasteiger partial charge < -0.3 is 10.2 Å². The standard InChI is InChI=1S/C13H28N2/c1-4-6-7-8-10-15-11-9-14-13(3,5-2)12-15/h14H,4-12H2,1-3H3. The molecule has 2 heteroatoms. The van der Waals surface area contributed by atoms with Gasteiger partial charge in [-0.05, 0) is 26.3 Å². The quantitative estimate of drug-likeness (QED) is 0.681. The van der Waals surface area contributed by atoms with E-state index in [9.17, 15) is 0 Å². The molecule has 1 atom stereocenters. The van der Waals surface area contributed by atoms with E-state index in [1.54, 1.807) is 0 Å². The molecule has 1 fully saturated rings. The molecule has 15 heavy (non-hydrogen) atoms. The van der Waals surface area contributed by atoms with Crippen LogP contribution in [0.25, 0.3) is 0 Å². The average Bonchev–Trinajstić information content (AvgIpc) is 2.25. The molecule has 0 bridgehead atoms. The first-order chi connectivity index (χ1) is 7.20. The molecule has 90 valence electrons. The maximum absolute atomic E-state index is 3.64. The van der Waals surface area contributed by atoms with Crippen molar-refractivity contribution in [3.8, 4) is 0 Å². The van der Waals surface area contributed by atoms with Crippen LogP contribution in [0.2, 0.25) is 0 Å². The molecule has 0 aromatic carbocycles. The number of rotatable bonds is 6. The molecular formula is C13H28N2. The summed E-state index contributed by atoms with van der Waals surface area (Å²) in [4.78, 5) is 2.63. The van der Waals surface area contributed by atoms with E-state index in [0.29, 0.717) is 5.54 Å². The monoisotopic (exact) mass is 212 g/mol. The molecule has 1 unspecified atom stereocenters. The fourth-order valence-electron chi connectivity index (χ4n) is 2.33.